The maximum Gasteiger partial charge on any atom is 0.326 e. The van der Waals surface area contributed by atoms with Crippen molar-refractivity contribution in [2.75, 3.05) is 0 Å². The number of nitrogens with zero attached hydrogens (tertiary/aromatic N) is 1. The van der Waals surface area contributed by atoms with Crippen LogP contribution in [0.4, 0.5) is 0 Å². The Morgan fingerprint density at radius 2 is 2.13 bits per heavy atom. The third kappa shape index (κ3) is 4.92. The highest BCUT2D eigenvalue weighted by Crippen LogP contribution is 2.25. The predicted molar refractivity (Wildman–Crippen MR) is 87.3 cm³/mol. The molecule has 0 bridgehead atoms. The molecule has 0 spiro atoms. The highest BCUT2D eigenvalue weighted by molar-refractivity contribution is 7.13. The van der Waals surface area contributed by atoms with Crippen molar-refractivity contribution in [2.24, 2.45) is 5.92 Å². The van der Waals surface area contributed by atoms with Crippen LogP contribution in [-0.2, 0) is 16.0 Å². The minimum atomic E-state index is -1.02. The molecule has 2 N–H and O–H groups in total. The number of carbonyl (C=O) groups is 2. The van der Waals surface area contributed by atoms with E-state index in [1.165, 1.54) is 11.3 Å². The van der Waals surface area contributed by atoms with Gasteiger partial charge >= 0.3 is 5.97 Å². The summed E-state index contributed by atoms with van der Waals surface area (Å²) in [6, 6.07) is 2.82. The van der Waals surface area contributed by atoms with Gasteiger partial charge in [0, 0.05) is 5.38 Å². The van der Waals surface area contributed by atoms with Crippen LogP contribution in [0.25, 0.3) is 10.8 Å². The third-order valence-electron chi connectivity index (χ3n) is 3.18. The first-order chi connectivity index (χ1) is 10.8. The van der Waals surface area contributed by atoms with E-state index < -0.39 is 12.0 Å². The smallest absolute Gasteiger partial charge is 0.326 e. The first-order valence-electron chi connectivity index (χ1n) is 7.38. The summed E-state index contributed by atoms with van der Waals surface area (Å²) in [4.78, 5) is 27.6. The van der Waals surface area contributed by atoms with E-state index in [1.807, 2.05) is 32.9 Å². The van der Waals surface area contributed by atoms with Crippen molar-refractivity contribution in [3.05, 3.63) is 29.0 Å². The Labute approximate surface area is 138 Å². The normalized spacial score (nSPS) is 12.3. The van der Waals surface area contributed by atoms with Crippen LogP contribution in [0.2, 0.25) is 0 Å². The Kier molecular flexibility index (Phi) is 5.54. The summed E-state index contributed by atoms with van der Waals surface area (Å²) in [6.45, 7) is 5.69. The van der Waals surface area contributed by atoms with Crippen molar-refractivity contribution in [3.8, 4) is 10.8 Å². The molecule has 2 heterocycles. The second-order valence-electron chi connectivity index (χ2n) is 5.82. The monoisotopic (exact) mass is 336 g/mol. The van der Waals surface area contributed by atoms with Crippen molar-refractivity contribution >= 4 is 23.2 Å². The van der Waals surface area contributed by atoms with Gasteiger partial charge < -0.3 is 14.8 Å². The standard InChI is InChI=1S/C16H20N2O4S/c1-9(2)6-12(16(20)21)18-14(19)7-11-8-23-15(17-11)13-5-4-10(3)22-13/h4-5,8-9,12H,6-7H2,1-3H3,(H,18,19)(H,20,21)/t12-/m1/s1. The van der Waals surface area contributed by atoms with Crippen molar-refractivity contribution in [1.82, 2.24) is 10.3 Å². The van der Waals surface area contributed by atoms with Crippen LogP contribution >= 0.6 is 11.3 Å². The quantitative estimate of drug-likeness (QED) is 0.811. The van der Waals surface area contributed by atoms with Crippen LogP contribution in [0, 0.1) is 12.8 Å². The lowest BCUT2D eigenvalue weighted by molar-refractivity contribution is -0.142. The fourth-order valence-corrected chi connectivity index (χ4v) is 2.93. The lowest BCUT2D eigenvalue weighted by atomic mass is 10.0. The number of aliphatic carboxylic acids is 1. The van der Waals surface area contributed by atoms with Gasteiger partial charge in [-0.05, 0) is 31.4 Å². The van der Waals surface area contributed by atoms with Gasteiger partial charge in [-0.25, -0.2) is 9.78 Å². The minimum absolute atomic E-state index is 0.0536. The molecular formula is C16H20N2O4S. The second kappa shape index (κ2) is 7.41. The van der Waals surface area contributed by atoms with E-state index in [1.54, 1.807) is 5.38 Å². The van der Waals surface area contributed by atoms with E-state index in [9.17, 15) is 9.59 Å². The van der Waals surface area contributed by atoms with Gasteiger partial charge in [0.25, 0.3) is 0 Å². The molecule has 2 aromatic heterocycles. The number of rotatable bonds is 7. The number of thiazole rings is 1. The Hall–Kier alpha value is -2.15. The molecule has 0 aromatic carbocycles. The molecule has 0 aliphatic heterocycles. The molecule has 7 heteroatoms. The van der Waals surface area contributed by atoms with E-state index in [2.05, 4.69) is 10.3 Å². The Morgan fingerprint density at radius 1 is 1.39 bits per heavy atom. The van der Waals surface area contributed by atoms with E-state index in [-0.39, 0.29) is 18.2 Å². The van der Waals surface area contributed by atoms with E-state index in [4.69, 9.17) is 9.52 Å². The van der Waals surface area contributed by atoms with E-state index in [0.29, 0.717) is 22.9 Å². The molecule has 2 aromatic rings. The van der Waals surface area contributed by atoms with Gasteiger partial charge in [0.1, 0.15) is 11.8 Å². The van der Waals surface area contributed by atoms with Crippen LogP contribution in [0.1, 0.15) is 31.7 Å². The van der Waals surface area contributed by atoms with Crippen LogP contribution in [-0.4, -0.2) is 28.0 Å². The van der Waals surface area contributed by atoms with Crippen LogP contribution in [0.3, 0.4) is 0 Å². The molecule has 1 atom stereocenters. The summed E-state index contributed by atoms with van der Waals surface area (Å²) >= 11 is 1.39. The van der Waals surface area contributed by atoms with Gasteiger partial charge in [-0.15, -0.1) is 11.3 Å². The van der Waals surface area contributed by atoms with E-state index >= 15 is 0 Å². The summed E-state index contributed by atoms with van der Waals surface area (Å²) in [5.41, 5.74) is 0.602. The van der Waals surface area contributed by atoms with Crippen molar-refractivity contribution in [3.63, 3.8) is 0 Å². The fourth-order valence-electron chi connectivity index (χ4n) is 2.15. The zero-order valence-corrected chi connectivity index (χ0v) is 14.1. The maximum absolute atomic E-state index is 12.0. The number of aromatic nitrogens is 1. The van der Waals surface area contributed by atoms with Crippen LogP contribution < -0.4 is 5.32 Å². The number of carboxylic acid groups (broad SMARTS) is 1. The summed E-state index contributed by atoms with van der Waals surface area (Å²) < 4.78 is 5.50. The number of carboxylic acids is 1. The average Bonchev–Trinajstić information content (AvgIpc) is 3.06. The number of carbonyl (C=O) groups excluding carboxylic acids is 1. The summed E-state index contributed by atoms with van der Waals surface area (Å²) in [5.74, 6) is 0.293. The molecule has 0 saturated carbocycles. The third-order valence-corrected chi connectivity index (χ3v) is 4.09. The maximum atomic E-state index is 12.0. The van der Waals surface area contributed by atoms with Gasteiger partial charge in [0.05, 0.1) is 12.1 Å². The Morgan fingerprint density at radius 3 is 2.70 bits per heavy atom. The molecule has 0 aliphatic rings. The van der Waals surface area contributed by atoms with Gasteiger partial charge in [-0.1, -0.05) is 13.8 Å². The first kappa shape index (κ1) is 17.2. The van der Waals surface area contributed by atoms with Crippen molar-refractivity contribution in [1.29, 1.82) is 0 Å². The molecule has 23 heavy (non-hydrogen) atoms. The second-order valence-corrected chi connectivity index (χ2v) is 6.68. The predicted octanol–water partition coefficient (Wildman–Crippen LogP) is 2.87. The molecule has 124 valence electrons. The van der Waals surface area contributed by atoms with Gasteiger partial charge in [-0.2, -0.15) is 0 Å². The largest absolute Gasteiger partial charge is 0.480 e. The first-order valence-corrected chi connectivity index (χ1v) is 8.26. The number of nitrogens with one attached hydrogen (secondary N) is 1. The summed E-state index contributed by atoms with van der Waals surface area (Å²) in [7, 11) is 0. The van der Waals surface area contributed by atoms with Gasteiger partial charge in [0.2, 0.25) is 5.91 Å². The number of amides is 1. The van der Waals surface area contributed by atoms with Gasteiger partial charge in [-0.3, -0.25) is 4.79 Å². The molecule has 0 aliphatic carbocycles. The summed E-state index contributed by atoms with van der Waals surface area (Å²) in [5, 5.41) is 14.2. The number of hydrogen-bond acceptors (Lipinski definition) is 5. The number of aryl methyl sites for hydroxylation is 1. The van der Waals surface area contributed by atoms with E-state index in [0.717, 1.165) is 5.76 Å². The van der Waals surface area contributed by atoms with Crippen LogP contribution in [0.5, 0.6) is 0 Å². The molecule has 1 amide bonds. The molecule has 0 radical (unpaired) electrons. The molecule has 0 saturated heterocycles. The summed E-state index contributed by atoms with van der Waals surface area (Å²) in [6.07, 6.45) is 0.452. The van der Waals surface area contributed by atoms with Crippen molar-refractivity contribution in [2.45, 2.75) is 39.7 Å². The Bertz CT molecular complexity index is 690. The lowest BCUT2D eigenvalue weighted by Gasteiger charge is -2.16. The minimum Gasteiger partial charge on any atom is -0.480 e. The highest BCUT2D eigenvalue weighted by atomic mass is 32.1. The fraction of sp³-hybridized carbons (Fsp3) is 0.438. The molecule has 0 fully saturated rings. The molecule has 6 nitrogen and oxygen atoms in total. The topological polar surface area (TPSA) is 92.4 Å². The number of hydrogen-bond donors (Lipinski definition) is 2. The lowest BCUT2D eigenvalue weighted by Crippen LogP contribution is -2.42. The Balaban J connectivity index is 1.97. The molecular weight excluding hydrogens is 316 g/mol. The molecule has 2 rings (SSSR count). The van der Waals surface area contributed by atoms with Crippen LogP contribution in [0.15, 0.2) is 21.9 Å². The highest BCUT2D eigenvalue weighted by Gasteiger charge is 2.21. The van der Waals surface area contributed by atoms with Crippen molar-refractivity contribution < 1.29 is 19.1 Å². The molecule has 0 unspecified atom stereocenters. The average molecular weight is 336 g/mol. The number of furan rings is 1. The SMILES string of the molecule is Cc1ccc(-c2nc(CC(=O)N[C@H](CC(C)C)C(=O)O)cs2)o1. The van der Waals surface area contributed by atoms with Gasteiger partial charge in [0.15, 0.2) is 10.8 Å². The zero-order chi connectivity index (χ0) is 17.0. The zero-order valence-electron chi connectivity index (χ0n) is 13.3.